The van der Waals surface area contributed by atoms with Crippen molar-refractivity contribution in [3.8, 4) is 0 Å². The first-order chi connectivity index (χ1) is 8.06. The number of morpholine rings is 1. The minimum atomic E-state index is -0.960. The van der Waals surface area contributed by atoms with Gasteiger partial charge in [-0.3, -0.25) is 9.59 Å². The standard InChI is InChI=1S/C10H18N2O5/c1-16-6-8(11)10(15)12-2-3-17-5-7(12)4-9(13)14/h7-8H,2-6,11H2,1H3,(H,13,14). The summed E-state index contributed by atoms with van der Waals surface area (Å²) in [6, 6.07) is -1.20. The maximum absolute atomic E-state index is 12.0. The van der Waals surface area contributed by atoms with E-state index in [9.17, 15) is 9.59 Å². The average Bonchev–Trinajstić information content (AvgIpc) is 2.28. The molecule has 17 heavy (non-hydrogen) atoms. The molecule has 1 rings (SSSR count). The molecule has 0 saturated carbocycles. The van der Waals surface area contributed by atoms with Gasteiger partial charge in [-0.05, 0) is 0 Å². The third-order valence-corrected chi connectivity index (χ3v) is 2.58. The topological polar surface area (TPSA) is 102 Å². The predicted molar refractivity (Wildman–Crippen MR) is 58.4 cm³/mol. The number of hydrogen-bond donors (Lipinski definition) is 2. The van der Waals surface area contributed by atoms with Crippen molar-refractivity contribution < 1.29 is 24.2 Å². The SMILES string of the molecule is COCC(N)C(=O)N1CCOCC1CC(=O)O. The summed E-state index contributed by atoms with van der Waals surface area (Å²) in [6.07, 6.45) is -0.133. The van der Waals surface area contributed by atoms with Crippen LogP contribution in [0.1, 0.15) is 6.42 Å². The fraction of sp³-hybridized carbons (Fsp3) is 0.800. The number of carbonyl (C=O) groups is 2. The second kappa shape index (κ2) is 6.53. The second-order valence-electron chi connectivity index (χ2n) is 3.92. The Morgan fingerprint density at radius 2 is 2.35 bits per heavy atom. The van der Waals surface area contributed by atoms with Crippen molar-refractivity contribution in [2.75, 3.05) is 33.5 Å². The zero-order valence-corrected chi connectivity index (χ0v) is 9.80. The van der Waals surface area contributed by atoms with E-state index in [1.807, 2.05) is 0 Å². The lowest BCUT2D eigenvalue weighted by Crippen LogP contribution is -2.55. The van der Waals surface area contributed by atoms with E-state index in [1.165, 1.54) is 12.0 Å². The average molecular weight is 246 g/mol. The number of carboxylic acid groups (broad SMARTS) is 1. The molecule has 1 saturated heterocycles. The monoisotopic (exact) mass is 246 g/mol. The minimum absolute atomic E-state index is 0.121. The highest BCUT2D eigenvalue weighted by atomic mass is 16.5. The Labute approximate surface area is 99.5 Å². The molecule has 2 unspecified atom stereocenters. The van der Waals surface area contributed by atoms with Crippen molar-refractivity contribution in [2.45, 2.75) is 18.5 Å². The summed E-state index contributed by atoms with van der Waals surface area (Å²) >= 11 is 0. The molecule has 0 aromatic heterocycles. The number of ether oxygens (including phenoxy) is 2. The largest absolute Gasteiger partial charge is 0.481 e. The first-order valence-electron chi connectivity index (χ1n) is 5.40. The van der Waals surface area contributed by atoms with Crippen molar-refractivity contribution >= 4 is 11.9 Å². The molecule has 7 nitrogen and oxygen atoms in total. The van der Waals surface area contributed by atoms with Crippen LogP contribution >= 0.6 is 0 Å². The van der Waals surface area contributed by atoms with Gasteiger partial charge in [-0.25, -0.2) is 0 Å². The smallest absolute Gasteiger partial charge is 0.305 e. The molecule has 98 valence electrons. The molecule has 7 heteroatoms. The zero-order valence-electron chi connectivity index (χ0n) is 9.80. The molecule has 0 radical (unpaired) electrons. The summed E-state index contributed by atoms with van der Waals surface area (Å²) < 4.78 is 9.99. The van der Waals surface area contributed by atoms with Crippen LogP contribution in [0.25, 0.3) is 0 Å². The molecule has 3 N–H and O–H groups in total. The van der Waals surface area contributed by atoms with Crippen LogP contribution < -0.4 is 5.73 Å². The normalized spacial score (nSPS) is 22.2. The van der Waals surface area contributed by atoms with Gasteiger partial charge in [0.25, 0.3) is 0 Å². The molecular formula is C10H18N2O5. The van der Waals surface area contributed by atoms with Crippen molar-refractivity contribution in [3.05, 3.63) is 0 Å². The van der Waals surface area contributed by atoms with E-state index in [0.717, 1.165) is 0 Å². The van der Waals surface area contributed by atoms with E-state index in [1.54, 1.807) is 0 Å². The Morgan fingerprint density at radius 1 is 1.65 bits per heavy atom. The molecule has 0 bridgehead atoms. The van der Waals surface area contributed by atoms with Crippen LogP contribution in [0.3, 0.4) is 0 Å². The summed E-state index contributed by atoms with van der Waals surface area (Å²) in [4.78, 5) is 24.1. The summed E-state index contributed by atoms with van der Waals surface area (Å²) in [6.45, 7) is 1.13. The van der Waals surface area contributed by atoms with Gasteiger partial charge in [-0.15, -0.1) is 0 Å². The maximum Gasteiger partial charge on any atom is 0.305 e. The highest BCUT2D eigenvalue weighted by Crippen LogP contribution is 2.12. The molecule has 2 atom stereocenters. The Hall–Kier alpha value is -1.18. The van der Waals surface area contributed by atoms with Crippen LogP contribution in [0.4, 0.5) is 0 Å². The van der Waals surface area contributed by atoms with E-state index in [4.69, 9.17) is 20.3 Å². The lowest BCUT2D eigenvalue weighted by Gasteiger charge is -2.36. The summed E-state index contributed by atoms with van der Waals surface area (Å²) in [5.41, 5.74) is 5.65. The van der Waals surface area contributed by atoms with Gasteiger partial charge >= 0.3 is 5.97 Å². The van der Waals surface area contributed by atoms with Gasteiger partial charge in [0.15, 0.2) is 0 Å². The summed E-state index contributed by atoms with van der Waals surface area (Å²) in [7, 11) is 1.46. The molecule has 1 amide bonds. The maximum atomic E-state index is 12.0. The number of hydrogen-bond acceptors (Lipinski definition) is 5. The number of carbonyl (C=O) groups excluding carboxylic acids is 1. The van der Waals surface area contributed by atoms with Crippen LogP contribution in [-0.2, 0) is 19.1 Å². The van der Waals surface area contributed by atoms with Crippen LogP contribution in [0.5, 0.6) is 0 Å². The zero-order chi connectivity index (χ0) is 12.8. The third-order valence-electron chi connectivity index (χ3n) is 2.58. The Balaban J connectivity index is 2.63. The second-order valence-corrected chi connectivity index (χ2v) is 3.92. The van der Waals surface area contributed by atoms with Crippen LogP contribution in [-0.4, -0.2) is 67.4 Å². The van der Waals surface area contributed by atoms with E-state index in [-0.39, 0.29) is 25.5 Å². The molecular weight excluding hydrogens is 228 g/mol. The van der Waals surface area contributed by atoms with E-state index >= 15 is 0 Å². The summed E-state index contributed by atoms with van der Waals surface area (Å²) in [5.74, 6) is -1.25. The first kappa shape index (κ1) is 13.9. The van der Waals surface area contributed by atoms with Crippen molar-refractivity contribution in [1.82, 2.24) is 4.90 Å². The lowest BCUT2D eigenvalue weighted by atomic mass is 10.1. The predicted octanol–water partition coefficient (Wildman–Crippen LogP) is -1.34. The Bertz CT molecular complexity index is 284. The van der Waals surface area contributed by atoms with Crippen molar-refractivity contribution in [3.63, 3.8) is 0 Å². The number of methoxy groups -OCH3 is 1. The highest BCUT2D eigenvalue weighted by Gasteiger charge is 2.31. The molecule has 0 aliphatic carbocycles. The molecule has 0 spiro atoms. The highest BCUT2D eigenvalue weighted by molar-refractivity contribution is 5.82. The van der Waals surface area contributed by atoms with Crippen molar-refractivity contribution in [2.24, 2.45) is 5.73 Å². The lowest BCUT2D eigenvalue weighted by molar-refractivity contribution is -0.147. The number of amides is 1. The van der Waals surface area contributed by atoms with Crippen LogP contribution in [0.2, 0.25) is 0 Å². The first-order valence-corrected chi connectivity index (χ1v) is 5.40. The van der Waals surface area contributed by atoms with Gasteiger partial charge in [0.2, 0.25) is 5.91 Å². The molecule has 1 aliphatic heterocycles. The fourth-order valence-electron chi connectivity index (χ4n) is 1.78. The number of nitrogens with two attached hydrogens (primary N) is 1. The van der Waals surface area contributed by atoms with Gasteiger partial charge in [0.05, 0.1) is 32.3 Å². The van der Waals surface area contributed by atoms with Gasteiger partial charge in [0, 0.05) is 13.7 Å². The van der Waals surface area contributed by atoms with Crippen molar-refractivity contribution in [1.29, 1.82) is 0 Å². The van der Waals surface area contributed by atoms with Gasteiger partial charge in [-0.1, -0.05) is 0 Å². The van der Waals surface area contributed by atoms with Gasteiger partial charge < -0.3 is 25.2 Å². The van der Waals surface area contributed by atoms with Gasteiger partial charge in [-0.2, -0.15) is 0 Å². The third kappa shape index (κ3) is 3.95. The Morgan fingerprint density at radius 3 is 2.94 bits per heavy atom. The minimum Gasteiger partial charge on any atom is -0.481 e. The fourth-order valence-corrected chi connectivity index (χ4v) is 1.78. The summed E-state index contributed by atoms with van der Waals surface area (Å²) in [5, 5.41) is 8.76. The quantitative estimate of drug-likeness (QED) is 0.622. The molecule has 1 aliphatic rings. The molecule has 0 aromatic rings. The van der Waals surface area contributed by atoms with E-state index < -0.39 is 18.1 Å². The van der Waals surface area contributed by atoms with Gasteiger partial charge in [0.1, 0.15) is 6.04 Å². The number of nitrogens with zero attached hydrogens (tertiary/aromatic N) is 1. The number of aliphatic carboxylic acids is 1. The molecule has 1 heterocycles. The molecule has 0 aromatic carbocycles. The van der Waals surface area contributed by atoms with Crippen LogP contribution in [0, 0.1) is 0 Å². The van der Waals surface area contributed by atoms with E-state index in [0.29, 0.717) is 13.2 Å². The molecule has 1 fully saturated rings. The number of rotatable bonds is 5. The number of carboxylic acids is 1. The van der Waals surface area contributed by atoms with E-state index in [2.05, 4.69) is 0 Å². The van der Waals surface area contributed by atoms with Crippen LogP contribution in [0.15, 0.2) is 0 Å². The Kier molecular flexibility index (Phi) is 5.33.